The quantitative estimate of drug-likeness (QED) is 0.624. The summed E-state index contributed by atoms with van der Waals surface area (Å²) in [5, 5.41) is 6.69. The van der Waals surface area contributed by atoms with E-state index in [1.165, 1.54) is 5.56 Å². The molecular weight excluding hydrogens is 340 g/mol. The number of aryl methyl sites for hydroxylation is 2. The van der Waals surface area contributed by atoms with Crippen molar-refractivity contribution in [2.75, 3.05) is 24.9 Å². The normalized spacial score (nSPS) is 10.4. The topological polar surface area (TPSA) is 68.3 Å². The van der Waals surface area contributed by atoms with Crippen molar-refractivity contribution >= 4 is 23.0 Å². The molecule has 0 aliphatic rings. The smallest absolute Gasteiger partial charge is 0.146 e. The van der Waals surface area contributed by atoms with Gasteiger partial charge in [-0.3, -0.25) is 0 Å². The lowest BCUT2D eigenvalue weighted by atomic mass is 10.1. The summed E-state index contributed by atoms with van der Waals surface area (Å²) in [4.78, 5) is 8.98. The number of benzene rings is 2. The minimum Gasteiger partial charge on any atom is -0.497 e. The molecule has 3 aromatic rings. The Hall–Kier alpha value is -3.28. The number of nitrogens with zero attached hydrogens (tertiary/aromatic N) is 2. The number of methoxy groups -OCH3 is 2. The number of anilines is 4. The van der Waals surface area contributed by atoms with Crippen LogP contribution in [0.15, 0.2) is 48.5 Å². The Morgan fingerprint density at radius 1 is 0.852 bits per heavy atom. The lowest BCUT2D eigenvalue weighted by Gasteiger charge is -2.14. The number of rotatable bonds is 7. The van der Waals surface area contributed by atoms with Crippen LogP contribution in [-0.2, 0) is 6.42 Å². The van der Waals surface area contributed by atoms with E-state index in [0.29, 0.717) is 17.4 Å². The third-order valence-electron chi connectivity index (χ3n) is 4.17. The maximum atomic E-state index is 5.44. The first-order valence-corrected chi connectivity index (χ1v) is 8.82. The van der Waals surface area contributed by atoms with E-state index in [-0.39, 0.29) is 0 Å². The Labute approximate surface area is 159 Å². The van der Waals surface area contributed by atoms with Gasteiger partial charge in [-0.05, 0) is 37.1 Å². The molecule has 2 aromatic carbocycles. The Balaban J connectivity index is 1.88. The van der Waals surface area contributed by atoms with Crippen molar-refractivity contribution in [3.05, 3.63) is 59.9 Å². The fraction of sp³-hybridized carbons (Fsp3) is 0.238. The molecule has 1 heterocycles. The maximum absolute atomic E-state index is 5.44. The highest BCUT2D eigenvalue weighted by atomic mass is 16.5. The lowest BCUT2D eigenvalue weighted by molar-refractivity contribution is 0.395. The number of aromatic nitrogens is 2. The fourth-order valence-corrected chi connectivity index (χ4v) is 2.82. The number of ether oxygens (including phenoxy) is 2. The van der Waals surface area contributed by atoms with E-state index in [0.717, 1.165) is 29.4 Å². The van der Waals surface area contributed by atoms with Crippen molar-refractivity contribution in [1.29, 1.82) is 0 Å². The van der Waals surface area contributed by atoms with Crippen LogP contribution in [0.1, 0.15) is 18.3 Å². The van der Waals surface area contributed by atoms with E-state index in [1.54, 1.807) is 14.2 Å². The van der Waals surface area contributed by atoms with Crippen molar-refractivity contribution in [3.8, 4) is 11.5 Å². The molecule has 0 unspecified atom stereocenters. The third-order valence-corrected chi connectivity index (χ3v) is 4.17. The molecule has 0 radical (unpaired) electrons. The molecule has 140 valence electrons. The van der Waals surface area contributed by atoms with Gasteiger partial charge in [0.25, 0.3) is 0 Å². The lowest BCUT2D eigenvalue weighted by Crippen LogP contribution is -2.03. The van der Waals surface area contributed by atoms with Gasteiger partial charge in [0.2, 0.25) is 0 Å². The fourth-order valence-electron chi connectivity index (χ4n) is 2.82. The Morgan fingerprint density at radius 3 is 2.22 bits per heavy atom. The number of nitrogens with one attached hydrogen (secondary N) is 2. The van der Waals surface area contributed by atoms with Crippen molar-refractivity contribution in [2.45, 2.75) is 20.3 Å². The summed E-state index contributed by atoms with van der Waals surface area (Å²) in [5.41, 5.74) is 3.09. The highest BCUT2D eigenvalue weighted by Gasteiger charge is 2.09. The van der Waals surface area contributed by atoms with Crippen LogP contribution >= 0.6 is 0 Å². The van der Waals surface area contributed by atoms with Crippen molar-refractivity contribution in [3.63, 3.8) is 0 Å². The van der Waals surface area contributed by atoms with Gasteiger partial charge >= 0.3 is 0 Å². The van der Waals surface area contributed by atoms with Gasteiger partial charge in [-0.2, -0.15) is 0 Å². The first kappa shape index (κ1) is 18.5. The van der Waals surface area contributed by atoms with E-state index < -0.39 is 0 Å². The average Bonchev–Trinajstić information content (AvgIpc) is 2.68. The minimum absolute atomic E-state index is 0.670. The van der Waals surface area contributed by atoms with Crippen molar-refractivity contribution in [1.82, 2.24) is 9.97 Å². The molecule has 27 heavy (non-hydrogen) atoms. The van der Waals surface area contributed by atoms with Crippen LogP contribution in [-0.4, -0.2) is 24.2 Å². The molecule has 6 nitrogen and oxygen atoms in total. The van der Waals surface area contributed by atoms with Crippen molar-refractivity contribution in [2.24, 2.45) is 0 Å². The summed E-state index contributed by atoms with van der Waals surface area (Å²) in [6.07, 6.45) is 0.946. The SMILES string of the molecule is CCc1ccccc1Nc1cc(Nc2ccc(OC)cc2OC)nc(C)n1. The summed E-state index contributed by atoms with van der Waals surface area (Å²) in [5.74, 6) is 3.50. The van der Waals surface area contributed by atoms with Gasteiger partial charge in [0.05, 0.1) is 19.9 Å². The highest BCUT2D eigenvalue weighted by Crippen LogP contribution is 2.31. The first-order chi connectivity index (χ1) is 13.1. The summed E-state index contributed by atoms with van der Waals surface area (Å²) in [7, 11) is 3.25. The molecule has 0 bridgehead atoms. The molecule has 1 aromatic heterocycles. The molecular formula is C21H24N4O2. The molecule has 2 N–H and O–H groups in total. The Kier molecular flexibility index (Phi) is 5.76. The first-order valence-electron chi connectivity index (χ1n) is 8.82. The molecule has 0 amide bonds. The van der Waals surface area contributed by atoms with Crippen LogP contribution in [0.25, 0.3) is 0 Å². The standard InChI is InChI=1S/C21H24N4O2/c1-5-15-8-6-7-9-17(15)24-20-13-21(23-14(2)22-20)25-18-11-10-16(26-3)12-19(18)27-4/h6-13H,5H2,1-4H3,(H2,22,23,24,25). The molecule has 0 spiro atoms. The molecule has 0 fully saturated rings. The Morgan fingerprint density at radius 2 is 1.56 bits per heavy atom. The second-order valence-electron chi connectivity index (χ2n) is 6.01. The van der Waals surface area contributed by atoms with E-state index >= 15 is 0 Å². The summed E-state index contributed by atoms with van der Waals surface area (Å²) < 4.78 is 10.7. The second-order valence-corrected chi connectivity index (χ2v) is 6.01. The maximum Gasteiger partial charge on any atom is 0.146 e. The predicted octanol–water partition coefficient (Wildman–Crippen LogP) is 4.85. The zero-order valence-electron chi connectivity index (χ0n) is 16.0. The summed E-state index contributed by atoms with van der Waals surface area (Å²) in [6, 6.07) is 15.7. The molecule has 3 rings (SSSR count). The molecule has 0 aliphatic carbocycles. The third kappa shape index (κ3) is 4.47. The van der Waals surface area contributed by atoms with E-state index in [2.05, 4.69) is 39.7 Å². The average molecular weight is 364 g/mol. The molecule has 0 atom stereocenters. The largest absolute Gasteiger partial charge is 0.497 e. The minimum atomic E-state index is 0.670. The monoisotopic (exact) mass is 364 g/mol. The van der Waals surface area contributed by atoms with Gasteiger partial charge in [-0.25, -0.2) is 9.97 Å². The van der Waals surface area contributed by atoms with Gasteiger partial charge in [0.1, 0.15) is 29.0 Å². The highest BCUT2D eigenvalue weighted by molar-refractivity contribution is 5.69. The molecule has 0 aliphatic heterocycles. The van der Waals surface area contributed by atoms with Crippen LogP contribution < -0.4 is 20.1 Å². The van der Waals surface area contributed by atoms with Crippen LogP contribution in [0.2, 0.25) is 0 Å². The zero-order chi connectivity index (χ0) is 19.2. The molecule has 0 saturated carbocycles. The van der Waals surface area contributed by atoms with Crippen LogP contribution in [0, 0.1) is 6.92 Å². The van der Waals surface area contributed by atoms with E-state index in [1.807, 2.05) is 43.3 Å². The zero-order valence-corrected chi connectivity index (χ0v) is 16.0. The number of hydrogen-bond donors (Lipinski definition) is 2. The van der Waals surface area contributed by atoms with Gasteiger partial charge in [-0.1, -0.05) is 25.1 Å². The Bertz CT molecular complexity index is 928. The van der Waals surface area contributed by atoms with Crippen LogP contribution in [0.4, 0.5) is 23.0 Å². The molecule has 6 heteroatoms. The van der Waals surface area contributed by atoms with Gasteiger partial charge < -0.3 is 20.1 Å². The predicted molar refractivity (Wildman–Crippen MR) is 109 cm³/mol. The van der Waals surface area contributed by atoms with Crippen LogP contribution in [0.5, 0.6) is 11.5 Å². The second kappa shape index (κ2) is 8.40. The van der Waals surface area contributed by atoms with E-state index in [4.69, 9.17) is 9.47 Å². The molecule has 0 saturated heterocycles. The van der Waals surface area contributed by atoms with E-state index in [9.17, 15) is 0 Å². The van der Waals surface area contributed by atoms with Gasteiger partial charge in [-0.15, -0.1) is 0 Å². The van der Waals surface area contributed by atoms with Gasteiger partial charge in [0, 0.05) is 17.8 Å². The number of hydrogen-bond acceptors (Lipinski definition) is 6. The summed E-state index contributed by atoms with van der Waals surface area (Å²) >= 11 is 0. The van der Waals surface area contributed by atoms with Gasteiger partial charge in [0.15, 0.2) is 0 Å². The van der Waals surface area contributed by atoms with Crippen LogP contribution in [0.3, 0.4) is 0 Å². The van der Waals surface area contributed by atoms with Crippen molar-refractivity contribution < 1.29 is 9.47 Å². The number of para-hydroxylation sites is 1. The summed E-state index contributed by atoms with van der Waals surface area (Å²) in [6.45, 7) is 4.00.